The second-order valence-electron chi connectivity index (χ2n) is 11.3. The maximum atomic E-state index is 12.3. The van der Waals surface area contributed by atoms with Gasteiger partial charge in [-0.05, 0) is 90.5 Å². The van der Waals surface area contributed by atoms with Crippen molar-refractivity contribution in [3.05, 3.63) is 42.2 Å². The number of amides is 1. The van der Waals surface area contributed by atoms with Crippen molar-refractivity contribution in [3.63, 3.8) is 0 Å². The molecule has 2 fully saturated rings. The molecule has 1 aliphatic carbocycles. The van der Waals surface area contributed by atoms with Gasteiger partial charge in [-0.2, -0.15) is 5.10 Å². The largest absolute Gasteiger partial charge is 0.489 e. The summed E-state index contributed by atoms with van der Waals surface area (Å²) < 4.78 is 19.8. The lowest BCUT2D eigenvalue weighted by molar-refractivity contribution is -0.0366. The van der Waals surface area contributed by atoms with E-state index in [1.165, 1.54) is 0 Å². The van der Waals surface area contributed by atoms with Crippen molar-refractivity contribution in [3.8, 4) is 17.0 Å². The van der Waals surface area contributed by atoms with Gasteiger partial charge < -0.3 is 19.5 Å². The third-order valence-corrected chi connectivity index (χ3v) is 6.54. The fourth-order valence-corrected chi connectivity index (χ4v) is 4.48. The first kappa shape index (κ1) is 24.6. The molecule has 1 unspecified atom stereocenters. The van der Waals surface area contributed by atoms with E-state index >= 15 is 0 Å². The van der Waals surface area contributed by atoms with Crippen LogP contribution >= 0.6 is 0 Å². The number of carbonyl (C=O) groups is 1. The van der Waals surface area contributed by atoms with Gasteiger partial charge in [-0.1, -0.05) is 6.07 Å². The Balaban J connectivity index is 1.44. The van der Waals surface area contributed by atoms with Crippen LogP contribution in [0.5, 0.6) is 5.75 Å². The maximum absolute atomic E-state index is 12.3. The van der Waals surface area contributed by atoms with E-state index < -0.39 is 17.2 Å². The SMILES string of the molecule is CC(C)(C)OC(=O)NC(C)(C)c1ccc(-c2ccc3c(cnn3C3CCCCO3)c2OC2CC2)nc1. The van der Waals surface area contributed by atoms with Crippen LogP contribution < -0.4 is 10.1 Å². The number of carbonyl (C=O) groups excluding carboxylic acids is 1. The number of ether oxygens (including phenoxy) is 3. The summed E-state index contributed by atoms with van der Waals surface area (Å²) in [5, 5.41) is 8.60. The molecule has 0 bridgehead atoms. The summed E-state index contributed by atoms with van der Waals surface area (Å²) in [7, 11) is 0. The molecule has 8 nitrogen and oxygen atoms in total. The van der Waals surface area contributed by atoms with E-state index in [4.69, 9.17) is 19.2 Å². The molecule has 3 heterocycles. The molecule has 1 saturated carbocycles. The van der Waals surface area contributed by atoms with Crippen LogP contribution in [-0.2, 0) is 15.0 Å². The normalized spacial score (nSPS) is 18.8. The Hall–Kier alpha value is -3.13. The molecule has 3 aromatic rings. The van der Waals surface area contributed by atoms with E-state index in [-0.39, 0.29) is 12.3 Å². The first-order chi connectivity index (χ1) is 17.1. The molecule has 8 heteroatoms. The molecule has 1 atom stereocenters. The summed E-state index contributed by atoms with van der Waals surface area (Å²) in [4.78, 5) is 17.1. The summed E-state index contributed by atoms with van der Waals surface area (Å²) in [6.45, 7) is 10.2. The fourth-order valence-electron chi connectivity index (χ4n) is 4.48. The van der Waals surface area contributed by atoms with Crippen molar-refractivity contribution >= 4 is 17.0 Å². The van der Waals surface area contributed by atoms with Crippen LogP contribution in [0.15, 0.2) is 36.7 Å². The summed E-state index contributed by atoms with van der Waals surface area (Å²) in [5.74, 6) is 0.823. The highest BCUT2D eigenvalue weighted by Gasteiger charge is 2.29. The van der Waals surface area contributed by atoms with Crippen molar-refractivity contribution in [1.82, 2.24) is 20.1 Å². The molecule has 5 rings (SSSR count). The van der Waals surface area contributed by atoms with Crippen LogP contribution in [0.3, 0.4) is 0 Å². The predicted octanol–water partition coefficient (Wildman–Crippen LogP) is 6.10. The average molecular weight is 493 g/mol. The summed E-state index contributed by atoms with van der Waals surface area (Å²) in [6, 6.07) is 8.11. The first-order valence-electron chi connectivity index (χ1n) is 12.9. The van der Waals surface area contributed by atoms with Crippen LogP contribution in [0.25, 0.3) is 22.2 Å². The number of aromatic nitrogens is 3. The molecule has 1 saturated heterocycles. The highest BCUT2D eigenvalue weighted by molar-refractivity contribution is 5.92. The minimum Gasteiger partial charge on any atom is -0.489 e. The highest BCUT2D eigenvalue weighted by atomic mass is 16.6. The smallest absolute Gasteiger partial charge is 0.408 e. The minimum atomic E-state index is -0.647. The Kier molecular flexibility index (Phi) is 6.41. The summed E-state index contributed by atoms with van der Waals surface area (Å²) in [5.41, 5.74) is 2.43. The zero-order chi connectivity index (χ0) is 25.5. The van der Waals surface area contributed by atoms with Crippen LogP contribution in [0, 0.1) is 0 Å². The van der Waals surface area contributed by atoms with Crippen molar-refractivity contribution < 1.29 is 19.0 Å². The molecular weight excluding hydrogens is 456 g/mol. The number of alkyl carbamates (subject to hydrolysis) is 1. The zero-order valence-electron chi connectivity index (χ0n) is 21.8. The maximum Gasteiger partial charge on any atom is 0.408 e. The number of fused-ring (bicyclic) bond motifs is 1. The summed E-state index contributed by atoms with van der Waals surface area (Å²) >= 11 is 0. The van der Waals surface area contributed by atoms with Crippen LogP contribution in [0.1, 0.15) is 78.5 Å². The van der Waals surface area contributed by atoms with E-state index in [2.05, 4.69) is 22.5 Å². The van der Waals surface area contributed by atoms with Gasteiger partial charge in [0.25, 0.3) is 0 Å². The lowest BCUT2D eigenvalue weighted by Gasteiger charge is -2.29. The van der Waals surface area contributed by atoms with Gasteiger partial charge in [0.15, 0.2) is 6.23 Å². The molecule has 0 spiro atoms. The Bertz CT molecular complexity index is 1230. The van der Waals surface area contributed by atoms with Crippen LogP contribution in [0.4, 0.5) is 4.79 Å². The van der Waals surface area contributed by atoms with E-state index in [1.807, 2.05) is 57.6 Å². The Morgan fingerprint density at radius 1 is 1.06 bits per heavy atom. The van der Waals surface area contributed by atoms with Gasteiger partial charge in [-0.3, -0.25) is 4.98 Å². The number of nitrogens with one attached hydrogen (secondary N) is 1. The third-order valence-electron chi connectivity index (χ3n) is 6.54. The van der Waals surface area contributed by atoms with Gasteiger partial charge in [0.05, 0.1) is 34.4 Å². The van der Waals surface area contributed by atoms with Crippen molar-refractivity contribution in [2.45, 2.75) is 90.2 Å². The van der Waals surface area contributed by atoms with Crippen molar-refractivity contribution in [1.29, 1.82) is 0 Å². The predicted molar refractivity (Wildman–Crippen MR) is 138 cm³/mol. The monoisotopic (exact) mass is 492 g/mol. The minimum absolute atomic E-state index is 0.0343. The van der Waals surface area contributed by atoms with Gasteiger partial charge in [-0.25, -0.2) is 9.48 Å². The average Bonchev–Trinajstić information content (AvgIpc) is 3.53. The second-order valence-corrected chi connectivity index (χ2v) is 11.3. The standard InChI is InChI=1S/C28H36N4O4/c1-27(2,3)36-26(33)31-28(4,5)18-9-13-22(29-16-18)20-12-14-23-21(25(20)35-19-10-11-19)17-30-32(23)24-8-6-7-15-34-24/h9,12-14,16-17,19,24H,6-8,10-11,15H2,1-5H3,(H,31,33). The number of rotatable bonds is 6. The molecular formula is C28H36N4O4. The quantitative estimate of drug-likeness (QED) is 0.447. The molecule has 1 amide bonds. The summed E-state index contributed by atoms with van der Waals surface area (Å²) in [6.07, 6.45) is 8.77. The molecule has 36 heavy (non-hydrogen) atoms. The lowest BCUT2D eigenvalue weighted by Crippen LogP contribution is -2.43. The van der Waals surface area contributed by atoms with Gasteiger partial charge in [0, 0.05) is 18.4 Å². The van der Waals surface area contributed by atoms with Gasteiger partial charge in [0.1, 0.15) is 11.4 Å². The number of hydrogen-bond acceptors (Lipinski definition) is 6. The van der Waals surface area contributed by atoms with E-state index in [0.29, 0.717) is 0 Å². The number of nitrogens with zero attached hydrogens (tertiary/aromatic N) is 3. The molecule has 1 aromatic carbocycles. The zero-order valence-corrected chi connectivity index (χ0v) is 21.8. The van der Waals surface area contributed by atoms with E-state index in [0.717, 1.165) is 72.2 Å². The topological polar surface area (TPSA) is 87.5 Å². The number of hydrogen-bond donors (Lipinski definition) is 1. The molecule has 192 valence electrons. The van der Waals surface area contributed by atoms with Crippen molar-refractivity contribution in [2.75, 3.05) is 6.61 Å². The number of pyridine rings is 1. The Morgan fingerprint density at radius 2 is 1.86 bits per heavy atom. The second kappa shape index (κ2) is 9.39. The Morgan fingerprint density at radius 3 is 2.50 bits per heavy atom. The van der Waals surface area contributed by atoms with Crippen LogP contribution in [-0.4, -0.2) is 39.2 Å². The molecule has 2 aliphatic rings. The van der Waals surface area contributed by atoms with E-state index in [1.54, 1.807) is 6.20 Å². The fraction of sp³-hybridized carbons (Fsp3) is 0.536. The van der Waals surface area contributed by atoms with Gasteiger partial charge in [0.2, 0.25) is 0 Å². The third kappa shape index (κ3) is 5.33. The number of benzene rings is 1. The first-order valence-corrected chi connectivity index (χ1v) is 12.9. The lowest BCUT2D eigenvalue weighted by atomic mass is 9.95. The van der Waals surface area contributed by atoms with Crippen molar-refractivity contribution in [2.24, 2.45) is 0 Å². The molecule has 1 N–H and O–H groups in total. The molecule has 2 aromatic heterocycles. The Labute approximate surface area is 212 Å². The van der Waals surface area contributed by atoms with E-state index in [9.17, 15) is 4.79 Å². The van der Waals surface area contributed by atoms with Gasteiger partial charge in [-0.15, -0.1) is 0 Å². The van der Waals surface area contributed by atoms with Crippen LogP contribution in [0.2, 0.25) is 0 Å². The highest BCUT2D eigenvalue weighted by Crippen LogP contribution is 2.41. The van der Waals surface area contributed by atoms with Gasteiger partial charge >= 0.3 is 6.09 Å². The molecule has 1 aliphatic heterocycles. The molecule has 0 radical (unpaired) electrons.